The van der Waals surface area contributed by atoms with E-state index in [0.29, 0.717) is 33.0 Å². The van der Waals surface area contributed by atoms with Gasteiger partial charge in [-0.2, -0.15) is 0 Å². The summed E-state index contributed by atoms with van der Waals surface area (Å²) in [4.78, 5) is 52.6. The van der Waals surface area contributed by atoms with Crippen LogP contribution >= 0.6 is 0 Å². The van der Waals surface area contributed by atoms with Crippen molar-refractivity contribution in [2.45, 2.75) is 19.9 Å². The van der Waals surface area contributed by atoms with Crippen molar-refractivity contribution in [2.75, 3.05) is 0 Å². The Hall–Kier alpha value is -4.32. The van der Waals surface area contributed by atoms with Crippen LogP contribution in [0.3, 0.4) is 0 Å². The number of nitrogens with zero attached hydrogens (tertiary/aromatic N) is 1. The molecule has 0 atom stereocenters. The van der Waals surface area contributed by atoms with Gasteiger partial charge < -0.3 is 4.74 Å². The summed E-state index contributed by atoms with van der Waals surface area (Å²) < 4.78 is 4.91. The maximum atomic E-state index is 13.2. The fraction of sp³-hybridized carbons (Fsp3) is 0.111. The van der Waals surface area contributed by atoms with E-state index in [9.17, 15) is 19.2 Å². The van der Waals surface area contributed by atoms with Crippen molar-refractivity contribution in [3.8, 4) is 0 Å². The molecule has 0 spiro atoms. The molecule has 7 rings (SSSR count). The highest BCUT2D eigenvalue weighted by Crippen LogP contribution is 2.46. The number of hydrogen-bond acceptors (Lipinski definition) is 5. The maximum absolute atomic E-state index is 13.2. The van der Waals surface area contributed by atoms with Crippen LogP contribution in [0, 0.1) is 0 Å². The minimum atomic E-state index is -0.655. The van der Waals surface area contributed by atoms with E-state index >= 15 is 0 Å². The molecule has 0 aromatic heterocycles. The monoisotopic (exact) mass is 433 g/mol. The molecule has 0 bridgehead atoms. The van der Waals surface area contributed by atoms with Crippen molar-refractivity contribution in [3.63, 3.8) is 0 Å². The molecular formula is C27H15NO5. The molecule has 2 aliphatic heterocycles. The Morgan fingerprint density at radius 1 is 0.545 bits per heavy atom. The van der Waals surface area contributed by atoms with Gasteiger partial charge in [0.1, 0.15) is 0 Å². The van der Waals surface area contributed by atoms with Gasteiger partial charge in [-0.1, -0.05) is 24.3 Å². The number of rotatable bonds is 1. The van der Waals surface area contributed by atoms with Gasteiger partial charge in [0, 0.05) is 27.9 Å². The molecule has 2 aliphatic rings. The van der Waals surface area contributed by atoms with Crippen molar-refractivity contribution < 1.29 is 23.9 Å². The van der Waals surface area contributed by atoms with Crippen LogP contribution in [0.15, 0.2) is 48.5 Å². The maximum Gasteiger partial charge on any atom is 0.346 e. The summed E-state index contributed by atoms with van der Waals surface area (Å²) in [5.74, 6) is -1.90. The number of ether oxygens (including phenoxy) is 1. The number of benzene rings is 5. The summed E-state index contributed by atoms with van der Waals surface area (Å²) >= 11 is 0. The molecule has 5 aromatic rings. The average molecular weight is 433 g/mol. The first-order valence-corrected chi connectivity index (χ1v) is 10.7. The lowest BCUT2D eigenvalue weighted by atomic mass is 9.83. The summed E-state index contributed by atoms with van der Waals surface area (Å²) in [5.41, 5.74) is 1.73. The molecule has 2 heterocycles. The van der Waals surface area contributed by atoms with Crippen LogP contribution in [-0.2, 0) is 4.74 Å². The number of esters is 2. The average Bonchev–Trinajstić information content (AvgIpc) is 2.79. The van der Waals surface area contributed by atoms with E-state index in [4.69, 9.17) is 4.74 Å². The van der Waals surface area contributed by atoms with Crippen molar-refractivity contribution in [3.05, 3.63) is 70.8 Å². The predicted octanol–water partition coefficient (Wildman–Crippen LogP) is 5.05. The van der Waals surface area contributed by atoms with Crippen LogP contribution < -0.4 is 0 Å². The van der Waals surface area contributed by atoms with E-state index < -0.39 is 11.9 Å². The molecule has 0 N–H and O–H groups in total. The van der Waals surface area contributed by atoms with E-state index in [2.05, 4.69) is 0 Å². The fourth-order valence-electron chi connectivity index (χ4n) is 5.60. The third-order valence-corrected chi connectivity index (χ3v) is 6.94. The van der Waals surface area contributed by atoms with Gasteiger partial charge in [-0.05, 0) is 70.4 Å². The number of hydrogen-bond donors (Lipinski definition) is 0. The molecule has 33 heavy (non-hydrogen) atoms. The highest BCUT2D eigenvalue weighted by molar-refractivity contribution is 6.40. The number of carbonyl (C=O) groups is 4. The third-order valence-electron chi connectivity index (χ3n) is 6.94. The van der Waals surface area contributed by atoms with Gasteiger partial charge >= 0.3 is 11.9 Å². The first kappa shape index (κ1) is 18.3. The highest BCUT2D eigenvalue weighted by atomic mass is 16.6. The Morgan fingerprint density at radius 2 is 0.909 bits per heavy atom. The summed E-state index contributed by atoms with van der Waals surface area (Å²) in [5, 5.41) is 6.35. The van der Waals surface area contributed by atoms with Gasteiger partial charge in [0.15, 0.2) is 0 Å². The summed E-state index contributed by atoms with van der Waals surface area (Å²) in [7, 11) is 0. The molecule has 0 radical (unpaired) electrons. The molecule has 6 nitrogen and oxygen atoms in total. The fourth-order valence-corrected chi connectivity index (χ4v) is 5.60. The molecule has 158 valence electrons. The summed E-state index contributed by atoms with van der Waals surface area (Å²) in [6, 6.07) is 14.1. The zero-order valence-electron chi connectivity index (χ0n) is 17.7. The Labute approximate surface area is 186 Å². The molecule has 0 aliphatic carbocycles. The Bertz CT molecular complexity index is 1680. The molecule has 0 saturated carbocycles. The molecule has 6 heteroatoms. The van der Waals surface area contributed by atoms with Crippen LogP contribution in [-0.4, -0.2) is 34.7 Å². The van der Waals surface area contributed by atoms with Gasteiger partial charge in [-0.25, -0.2) is 9.59 Å². The van der Waals surface area contributed by atoms with Crippen LogP contribution in [0.1, 0.15) is 55.3 Å². The topological polar surface area (TPSA) is 80.8 Å². The normalized spacial score (nSPS) is 15.7. The van der Waals surface area contributed by atoms with Crippen LogP contribution in [0.25, 0.3) is 43.1 Å². The lowest BCUT2D eigenvalue weighted by Crippen LogP contribution is -2.44. The standard InChI is InChI=1S/C27H15NO5/c1-11(2)28-24(29)16-7-3-12-14-5-9-18-23-19(27(32)33-26(18)31)10-6-15(21(14)23)13-4-8-17(25(28)30)22(16)20(12)13/h3-11H,1-2H3. The number of carbonyl (C=O) groups excluding carboxylic acids is 4. The van der Waals surface area contributed by atoms with Gasteiger partial charge in [0.25, 0.3) is 11.8 Å². The van der Waals surface area contributed by atoms with Crippen LogP contribution in [0.5, 0.6) is 0 Å². The number of fused-ring (bicyclic) bond motifs is 2. The van der Waals surface area contributed by atoms with Crippen LogP contribution in [0.2, 0.25) is 0 Å². The molecule has 0 fully saturated rings. The van der Waals surface area contributed by atoms with Gasteiger partial charge in [-0.15, -0.1) is 0 Å². The lowest BCUT2D eigenvalue weighted by Gasteiger charge is -2.31. The Kier molecular flexibility index (Phi) is 3.17. The largest absolute Gasteiger partial charge is 0.386 e. The lowest BCUT2D eigenvalue weighted by molar-refractivity contribution is 0.0389. The van der Waals surface area contributed by atoms with Gasteiger partial charge in [-0.3, -0.25) is 14.5 Å². The SMILES string of the molecule is CC(C)N1C(=O)c2ccc3c4ccc5c6c(ccc(c7ccc(c2c37)C1=O)c64)C(=O)OC5=O. The highest BCUT2D eigenvalue weighted by Gasteiger charge is 2.36. The van der Waals surface area contributed by atoms with E-state index in [0.717, 1.165) is 32.3 Å². The smallest absolute Gasteiger partial charge is 0.346 e. The van der Waals surface area contributed by atoms with Gasteiger partial charge in [0.2, 0.25) is 0 Å². The second kappa shape index (κ2) is 5.72. The first-order chi connectivity index (χ1) is 15.9. The second-order valence-corrected chi connectivity index (χ2v) is 8.89. The minimum Gasteiger partial charge on any atom is -0.386 e. The van der Waals surface area contributed by atoms with Gasteiger partial charge in [0.05, 0.1) is 11.1 Å². The molecule has 5 aromatic carbocycles. The quantitative estimate of drug-likeness (QED) is 0.121. The first-order valence-electron chi connectivity index (χ1n) is 10.7. The predicted molar refractivity (Wildman–Crippen MR) is 123 cm³/mol. The zero-order chi connectivity index (χ0) is 22.8. The number of amides is 2. The van der Waals surface area contributed by atoms with Crippen molar-refractivity contribution in [1.82, 2.24) is 4.90 Å². The minimum absolute atomic E-state index is 0.255. The zero-order valence-corrected chi connectivity index (χ0v) is 17.7. The van der Waals surface area contributed by atoms with E-state index in [1.54, 1.807) is 24.3 Å². The molecule has 0 unspecified atom stereocenters. The molecule has 0 saturated heterocycles. The molecule has 2 amide bonds. The summed E-state index contributed by atoms with van der Waals surface area (Å²) in [6.45, 7) is 3.65. The van der Waals surface area contributed by atoms with E-state index in [1.807, 2.05) is 38.1 Å². The van der Waals surface area contributed by atoms with Crippen molar-refractivity contribution >= 4 is 66.8 Å². The van der Waals surface area contributed by atoms with Crippen molar-refractivity contribution in [2.24, 2.45) is 0 Å². The number of cyclic esters (lactones) is 2. The Morgan fingerprint density at radius 3 is 1.30 bits per heavy atom. The van der Waals surface area contributed by atoms with E-state index in [1.165, 1.54) is 4.90 Å². The van der Waals surface area contributed by atoms with Crippen molar-refractivity contribution in [1.29, 1.82) is 0 Å². The third kappa shape index (κ3) is 1.99. The van der Waals surface area contributed by atoms with Crippen LogP contribution in [0.4, 0.5) is 0 Å². The molecular weight excluding hydrogens is 418 g/mol. The summed E-state index contributed by atoms with van der Waals surface area (Å²) in [6.07, 6.45) is 0. The Balaban J connectivity index is 1.72. The second-order valence-electron chi connectivity index (χ2n) is 8.89. The van der Waals surface area contributed by atoms with E-state index in [-0.39, 0.29) is 17.9 Å². The number of imide groups is 1.